The molecule has 0 heterocycles. The molecule has 2 rings (SSSR count). The molecule has 2 aromatic carbocycles. The van der Waals surface area contributed by atoms with E-state index in [0.29, 0.717) is 6.07 Å². The van der Waals surface area contributed by atoms with E-state index >= 15 is 0 Å². The molecule has 0 aromatic heterocycles. The Morgan fingerprint density at radius 3 is 2.05 bits per heavy atom. The van der Waals surface area contributed by atoms with Crippen LogP contribution >= 0.6 is 23.2 Å². The molecule has 106 valence electrons. The van der Waals surface area contributed by atoms with Crippen LogP contribution < -0.4 is 0 Å². The number of hydrogen-bond acceptors (Lipinski definition) is 0. The molecule has 2 aromatic rings. The van der Waals surface area contributed by atoms with Gasteiger partial charge in [-0.2, -0.15) is 0 Å². The summed E-state index contributed by atoms with van der Waals surface area (Å²) in [7, 11) is 0. The molecule has 0 aliphatic heterocycles. The zero-order chi connectivity index (χ0) is 15.0. The highest BCUT2D eigenvalue weighted by Gasteiger charge is 2.21. The van der Waals surface area contributed by atoms with Gasteiger partial charge in [-0.1, -0.05) is 11.6 Å². The van der Waals surface area contributed by atoms with Crippen molar-refractivity contribution in [1.82, 2.24) is 0 Å². The van der Waals surface area contributed by atoms with Crippen molar-refractivity contribution in [2.24, 2.45) is 0 Å². The summed E-state index contributed by atoms with van der Waals surface area (Å²) in [6.45, 7) is 1.44. The lowest BCUT2D eigenvalue weighted by atomic mass is 10.0. The van der Waals surface area contributed by atoms with Gasteiger partial charge in [-0.3, -0.25) is 0 Å². The monoisotopic (exact) mass is 322 g/mol. The maximum atomic E-state index is 13.7. The molecule has 20 heavy (non-hydrogen) atoms. The summed E-state index contributed by atoms with van der Waals surface area (Å²) in [5, 5.41) is -1.29. The molecule has 1 atom stereocenters. The van der Waals surface area contributed by atoms with Crippen LogP contribution in [0.25, 0.3) is 0 Å². The fraction of sp³-hybridized carbons (Fsp3) is 0.143. The smallest absolute Gasteiger partial charge is 0.160 e. The Kier molecular flexibility index (Phi) is 4.25. The predicted octanol–water partition coefficient (Wildman–Crippen LogP) is 5.53. The van der Waals surface area contributed by atoms with Gasteiger partial charge < -0.3 is 0 Å². The SMILES string of the molecule is Cc1cc(C(Cl)c2cc(F)c(F)cc2Cl)c(F)cc1F. The topological polar surface area (TPSA) is 0 Å². The Morgan fingerprint density at radius 2 is 1.40 bits per heavy atom. The van der Waals surface area contributed by atoms with Gasteiger partial charge in [-0.25, -0.2) is 17.6 Å². The largest absolute Gasteiger partial charge is 0.207 e. The molecule has 0 saturated heterocycles. The Morgan fingerprint density at radius 1 is 0.800 bits per heavy atom. The van der Waals surface area contributed by atoms with Crippen molar-refractivity contribution in [3.05, 3.63) is 69.2 Å². The number of rotatable bonds is 2. The first-order valence-corrected chi connectivity index (χ1v) is 6.36. The van der Waals surface area contributed by atoms with Crippen LogP contribution in [-0.2, 0) is 0 Å². The summed E-state index contributed by atoms with van der Waals surface area (Å²) in [5.74, 6) is -3.87. The zero-order valence-electron chi connectivity index (χ0n) is 10.2. The van der Waals surface area contributed by atoms with Gasteiger partial charge in [0, 0.05) is 16.7 Å². The molecule has 0 aliphatic rings. The number of hydrogen-bond donors (Lipinski definition) is 0. The van der Waals surface area contributed by atoms with Gasteiger partial charge in [0.25, 0.3) is 0 Å². The molecule has 0 aliphatic carbocycles. The molecular formula is C14H8Cl2F4. The minimum Gasteiger partial charge on any atom is -0.207 e. The van der Waals surface area contributed by atoms with Crippen molar-refractivity contribution in [2.75, 3.05) is 0 Å². The van der Waals surface area contributed by atoms with Gasteiger partial charge >= 0.3 is 0 Å². The minimum atomic E-state index is -1.16. The highest BCUT2D eigenvalue weighted by molar-refractivity contribution is 6.33. The van der Waals surface area contributed by atoms with Crippen LogP contribution in [-0.4, -0.2) is 0 Å². The van der Waals surface area contributed by atoms with Gasteiger partial charge in [0.15, 0.2) is 11.6 Å². The number of aryl methyl sites for hydroxylation is 1. The van der Waals surface area contributed by atoms with E-state index in [1.807, 2.05) is 0 Å². The molecule has 6 heteroatoms. The van der Waals surface area contributed by atoms with E-state index in [1.54, 1.807) is 0 Å². The fourth-order valence-corrected chi connectivity index (χ4v) is 2.44. The van der Waals surface area contributed by atoms with Crippen LogP contribution in [0.1, 0.15) is 22.1 Å². The third-order valence-electron chi connectivity index (χ3n) is 2.86. The van der Waals surface area contributed by atoms with Gasteiger partial charge in [0.2, 0.25) is 0 Å². The van der Waals surface area contributed by atoms with Gasteiger partial charge in [-0.15, -0.1) is 11.6 Å². The Labute approximate surface area is 122 Å². The predicted molar refractivity (Wildman–Crippen MR) is 70.2 cm³/mol. The lowest BCUT2D eigenvalue weighted by molar-refractivity contribution is 0.507. The molecule has 0 N–H and O–H groups in total. The first kappa shape index (κ1) is 15.1. The second-order valence-electron chi connectivity index (χ2n) is 4.27. The highest BCUT2D eigenvalue weighted by Crippen LogP contribution is 2.36. The summed E-state index contributed by atoms with van der Waals surface area (Å²) in [4.78, 5) is 0. The average Bonchev–Trinajstić information content (AvgIpc) is 2.37. The van der Waals surface area contributed by atoms with Crippen molar-refractivity contribution in [3.8, 4) is 0 Å². The number of halogens is 6. The van der Waals surface area contributed by atoms with E-state index < -0.39 is 28.6 Å². The quantitative estimate of drug-likeness (QED) is 0.387. The second kappa shape index (κ2) is 5.62. The van der Waals surface area contributed by atoms with Crippen LogP contribution in [0.15, 0.2) is 24.3 Å². The summed E-state index contributed by atoms with van der Waals surface area (Å²) in [5.41, 5.74) is 0.140. The maximum Gasteiger partial charge on any atom is 0.160 e. The maximum absolute atomic E-state index is 13.7. The van der Waals surface area contributed by atoms with Gasteiger partial charge in [0.1, 0.15) is 11.6 Å². The van der Waals surface area contributed by atoms with Crippen LogP contribution in [0.3, 0.4) is 0 Å². The van der Waals surface area contributed by atoms with Gasteiger partial charge in [0.05, 0.1) is 5.38 Å². The van der Waals surface area contributed by atoms with Crippen LogP contribution in [0, 0.1) is 30.2 Å². The molecular weight excluding hydrogens is 315 g/mol. The lowest BCUT2D eigenvalue weighted by Crippen LogP contribution is -2.02. The number of benzene rings is 2. The first-order valence-electron chi connectivity index (χ1n) is 5.55. The molecule has 0 nitrogen and oxygen atoms in total. The third kappa shape index (κ3) is 2.76. The van der Waals surface area contributed by atoms with Crippen molar-refractivity contribution in [2.45, 2.75) is 12.3 Å². The van der Waals surface area contributed by atoms with Crippen molar-refractivity contribution in [1.29, 1.82) is 0 Å². The summed E-state index contributed by atoms with van der Waals surface area (Å²) >= 11 is 11.8. The zero-order valence-corrected chi connectivity index (χ0v) is 11.7. The summed E-state index contributed by atoms with van der Waals surface area (Å²) in [6, 6.07) is 3.46. The Bertz CT molecular complexity index is 613. The summed E-state index contributed by atoms with van der Waals surface area (Å²) < 4.78 is 53.2. The molecule has 0 saturated carbocycles. The molecule has 0 radical (unpaired) electrons. The van der Waals surface area contributed by atoms with E-state index in [4.69, 9.17) is 23.2 Å². The second-order valence-corrected chi connectivity index (χ2v) is 5.12. The molecule has 0 bridgehead atoms. The van der Waals surface area contributed by atoms with Crippen LogP contribution in [0.4, 0.5) is 17.6 Å². The molecule has 0 amide bonds. The normalized spacial score (nSPS) is 12.6. The molecule has 1 unspecified atom stereocenters. The lowest BCUT2D eigenvalue weighted by Gasteiger charge is -2.14. The number of alkyl halides is 1. The minimum absolute atomic E-state index is 0.0112. The van der Waals surface area contributed by atoms with Gasteiger partial charge in [-0.05, 0) is 36.2 Å². The molecule has 0 fully saturated rings. The highest BCUT2D eigenvalue weighted by atomic mass is 35.5. The van der Waals surface area contributed by atoms with E-state index in [9.17, 15) is 17.6 Å². The average molecular weight is 323 g/mol. The van der Waals surface area contributed by atoms with Crippen molar-refractivity contribution in [3.63, 3.8) is 0 Å². The first-order chi connectivity index (χ1) is 9.31. The van der Waals surface area contributed by atoms with E-state index in [2.05, 4.69) is 0 Å². The van der Waals surface area contributed by atoms with Crippen molar-refractivity contribution < 1.29 is 17.6 Å². The van der Waals surface area contributed by atoms with E-state index in [-0.39, 0.29) is 21.7 Å². The van der Waals surface area contributed by atoms with E-state index in [1.165, 1.54) is 13.0 Å². The third-order valence-corrected chi connectivity index (χ3v) is 3.66. The molecule has 0 spiro atoms. The fourth-order valence-electron chi connectivity index (χ4n) is 1.77. The Hall–Kier alpha value is -1.26. The van der Waals surface area contributed by atoms with Crippen molar-refractivity contribution >= 4 is 23.2 Å². The Balaban J connectivity index is 2.54. The van der Waals surface area contributed by atoms with E-state index in [0.717, 1.165) is 12.1 Å². The van der Waals surface area contributed by atoms with Crippen LogP contribution in [0.2, 0.25) is 5.02 Å². The summed E-state index contributed by atoms with van der Waals surface area (Å²) in [6.07, 6.45) is 0. The standard InChI is InChI=1S/C14H8Cl2F4/c1-6-2-8(11(18)5-10(6)17)14(16)7-3-12(19)13(20)4-9(7)15/h2-5,14H,1H3. The van der Waals surface area contributed by atoms with Crippen LogP contribution in [0.5, 0.6) is 0 Å².